The van der Waals surface area contributed by atoms with Gasteiger partial charge in [-0.1, -0.05) is 6.07 Å². The molecule has 64 valence electrons. The maximum absolute atomic E-state index is 12.1. The van der Waals surface area contributed by atoms with Crippen molar-refractivity contribution in [2.75, 3.05) is 0 Å². The average molecular weight is 173 g/mol. The summed E-state index contributed by atoms with van der Waals surface area (Å²) in [5.74, 6) is 0. The molecule has 0 saturated carbocycles. The summed E-state index contributed by atoms with van der Waals surface area (Å²) in [5, 5.41) is 17.3. The molecule has 12 heavy (non-hydrogen) atoms. The molecule has 0 unspecified atom stereocenters. The van der Waals surface area contributed by atoms with Crippen LogP contribution in [0, 0.1) is 0 Å². The highest BCUT2D eigenvalue weighted by molar-refractivity contribution is 6.59. The number of alkyl halides is 2. The van der Waals surface area contributed by atoms with Gasteiger partial charge in [0, 0.05) is 11.7 Å². The summed E-state index contributed by atoms with van der Waals surface area (Å²) in [6.07, 6.45) is -1.61. The van der Waals surface area contributed by atoms with Gasteiger partial charge in [0.1, 0.15) is 5.69 Å². The van der Waals surface area contributed by atoms with Gasteiger partial charge in [0.15, 0.2) is 0 Å². The van der Waals surface area contributed by atoms with Crippen molar-refractivity contribution in [3.05, 3.63) is 24.0 Å². The number of hydrogen-bond donors (Lipinski definition) is 2. The Labute approximate surface area is 67.8 Å². The number of nitrogens with zero attached hydrogens (tertiary/aromatic N) is 1. The van der Waals surface area contributed by atoms with Gasteiger partial charge in [-0.3, -0.25) is 4.98 Å². The summed E-state index contributed by atoms with van der Waals surface area (Å²) < 4.78 is 24.2. The molecular weight excluding hydrogens is 167 g/mol. The first-order valence-electron chi connectivity index (χ1n) is 3.22. The van der Waals surface area contributed by atoms with Crippen molar-refractivity contribution >= 4 is 12.6 Å². The minimum absolute atomic E-state index is 0.257. The Bertz CT molecular complexity index is 242. The monoisotopic (exact) mass is 173 g/mol. The van der Waals surface area contributed by atoms with Crippen LogP contribution in [0.15, 0.2) is 18.3 Å². The number of halogens is 2. The van der Waals surface area contributed by atoms with Crippen molar-refractivity contribution < 1.29 is 18.8 Å². The van der Waals surface area contributed by atoms with E-state index in [0.717, 1.165) is 0 Å². The lowest BCUT2D eigenvalue weighted by Gasteiger charge is -2.04. The molecule has 1 aromatic rings. The first kappa shape index (κ1) is 9.09. The lowest BCUT2D eigenvalue weighted by molar-refractivity contribution is 0.147. The second-order valence-electron chi connectivity index (χ2n) is 2.15. The summed E-state index contributed by atoms with van der Waals surface area (Å²) in [5.41, 5.74) is -0.847. The zero-order valence-electron chi connectivity index (χ0n) is 5.98. The van der Waals surface area contributed by atoms with Gasteiger partial charge in [0.05, 0.1) is 0 Å². The number of hydrogen-bond acceptors (Lipinski definition) is 3. The standard InChI is InChI=1S/C6H6BF2NO2/c8-6(9)5-4(7(11)12)2-1-3-10-5/h1-3,6,11-12H. The molecule has 0 fully saturated rings. The molecule has 0 saturated heterocycles. The third kappa shape index (κ3) is 1.78. The molecule has 1 aromatic heterocycles. The van der Waals surface area contributed by atoms with E-state index < -0.39 is 19.2 Å². The van der Waals surface area contributed by atoms with Crippen LogP contribution in [0.5, 0.6) is 0 Å². The van der Waals surface area contributed by atoms with Crippen LogP contribution in [0.3, 0.4) is 0 Å². The Morgan fingerprint density at radius 2 is 2.08 bits per heavy atom. The van der Waals surface area contributed by atoms with Gasteiger partial charge in [-0.15, -0.1) is 0 Å². The highest BCUT2D eigenvalue weighted by Gasteiger charge is 2.21. The van der Waals surface area contributed by atoms with Crippen molar-refractivity contribution in [2.45, 2.75) is 6.43 Å². The minimum Gasteiger partial charge on any atom is -0.423 e. The second-order valence-corrected chi connectivity index (χ2v) is 2.15. The molecule has 0 aliphatic rings. The number of pyridine rings is 1. The molecule has 0 aromatic carbocycles. The molecule has 0 bridgehead atoms. The fraction of sp³-hybridized carbons (Fsp3) is 0.167. The van der Waals surface area contributed by atoms with Gasteiger partial charge in [-0.25, -0.2) is 8.78 Å². The topological polar surface area (TPSA) is 53.4 Å². The van der Waals surface area contributed by atoms with Crippen LogP contribution in [0.4, 0.5) is 8.78 Å². The molecule has 1 heterocycles. The van der Waals surface area contributed by atoms with Gasteiger partial charge in [-0.2, -0.15) is 0 Å². The maximum atomic E-state index is 12.1. The van der Waals surface area contributed by atoms with Gasteiger partial charge >= 0.3 is 7.12 Å². The van der Waals surface area contributed by atoms with Crippen LogP contribution >= 0.6 is 0 Å². The van der Waals surface area contributed by atoms with Crippen molar-refractivity contribution in [1.82, 2.24) is 4.98 Å². The van der Waals surface area contributed by atoms with E-state index >= 15 is 0 Å². The molecule has 3 nitrogen and oxygen atoms in total. The lowest BCUT2D eigenvalue weighted by Crippen LogP contribution is -2.33. The van der Waals surface area contributed by atoms with E-state index in [9.17, 15) is 8.78 Å². The van der Waals surface area contributed by atoms with Gasteiger partial charge in [0.2, 0.25) is 0 Å². The van der Waals surface area contributed by atoms with Gasteiger partial charge < -0.3 is 10.0 Å². The quantitative estimate of drug-likeness (QED) is 0.603. The van der Waals surface area contributed by atoms with E-state index in [1.165, 1.54) is 18.3 Å². The summed E-state index contributed by atoms with van der Waals surface area (Å²) >= 11 is 0. The zero-order valence-corrected chi connectivity index (χ0v) is 5.98. The van der Waals surface area contributed by atoms with Crippen LogP contribution < -0.4 is 5.46 Å². The lowest BCUT2D eigenvalue weighted by atomic mass is 9.79. The maximum Gasteiger partial charge on any atom is 0.490 e. The molecule has 0 atom stereocenters. The molecule has 2 N–H and O–H groups in total. The Balaban J connectivity index is 3.09. The molecule has 0 amide bonds. The predicted octanol–water partition coefficient (Wildman–Crippen LogP) is -0.301. The third-order valence-electron chi connectivity index (χ3n) is 1.36. The molecule has 0 aliphatic carbocycles. The van der Waals surface area contributed by atoms with Crippen molar-refractivity contribution in [2.24, 2.45) is 0 Å². The molecule has 0 spiro atoms. The second kappa shape index (κ2) is 3.60. The van der Waals surface area contributed by atoms with Crippen LogP contribution in [-0.4, -0.2) is 22.2 Å². The normalized spacial score (nSPS) is 10.4. The zero-order chi connectivity index (χ0) is 9.14. The summed E-state index contributed by atoms with van der Waals surface area (Å²) in [6.45, 7) is 0. The van der Waals surface area contributed by atoms with E-state index in [0.29, 0.717) is 0 Å². The van der Waals surface area contributed by atoms with Gasteiger partial charge in [0.25, 0.3) is 6.43 Å². The highest BCUT2D eigenvalue weighted by Crippen LogP contribution is 2.13. The predicted molar refractivity (Wildman–Crippen MR) is 39.0 cm³/mol. The van der Waals surface area contributed by atoms with E-state index in [2.05, 4.69) is 4.98 Å². The van der Waals surface area contributed by atoms with Crippen LogP contribution in [0.1, 0.15) is 12.1 Å². The Hall–Kier alpha value is -1.01. The molecule has 0 radical (unpaired) electrons. The molecular formula is C6H6BF2NO2. The van der Waals surface area contributed by atoms with E-state index in [-0.39, 0.29) is 5.46 Å². The van der Waals surface area contributed by atoms with Crippen LogP contribution in [0.2, 0.25) is 0 Å². The van der Waals surface area contributed by atoms with Gasteiger partial charge in [-0.05, 0) is 6.07 Å². The fourth-order valence-corrected chi connectivity index (χ4v) is 0.831. The summed E-state index contributed by atoms with van der Waals surface area (Å²) in [7, 11) is -1.90. The summed E-state index contributed by atoms with van der Waals surface area (Å²) in [6, 6.07) is 2.56. The van der Waals surface area contributed by atoms with Crippen LogP contribution in [0.25, 0.3) is 0 Å². The largest absolute Gasteiger partial charge is 0.490 e. The summed E-state index contributed by atoms with van der Waals surface area (Å²) in [4.78, 5) is 3.33. The molecule has 0 aliphatic heterocycles. The molecule has 6 heteroatoms. The molecule has 1 rings (SSSR count). The minimum atomic E-state index is -2.79. The first-order chi connectivity index (χ1) is 5.63. The third-order valence-corrected chi connectivity index (χ3v) is 1.36. The highest BCUT2D eigenvalue weighted by atomic mass is 19.3. The Morgan fingerprint density at radius 3 is 2.50 bits per heavy atom. The average Bonchev–Trinajstić information content (AvgIpc) is 2.04. The number of aromatic nitrogens is 1. The smallest absolute Gasteiger partial charge is 0.423 e. The van der Waals surface area contributed by atoms with E-state index in [1.807, 2.05) is 0 Å². The Kier molecular flexibility index (Phi) is 2.72. The first-order valence-corrected chi connectivity index (χ1v) is 3.22. The van der Waals surface area contributed by atoms with E-state index in [4.69, 9.17) is 10.0 Å². The van der Waals surface area contributed by atoms with Crippen molar-refractivity contribution in [3.8, 4) is 0 Å². The Morgan fingerprint density at radius 1 is 1.42 bits per heavy atom. The number of rotatable bonds is 2. The van der Waals surface area contributed by atoms with Crippen molar-refractivity contribution in [3.63, 3.8) is 0 Å². The SMILES string of the molecule is OB(O)c1cccnc1C(F)F. The van der Waals surface area contributed by atoms with E-state index in [1.54, 1.807) is 0 Å². The fourth-order valence-electron chi connectivity index (χ4n) is 0.831. The van der Waals surface area contributed by atoms with Crippen molar-refractivity contribution in [1.29, 1.82) is 0 Å². The van der Waals surface area contributed by atoms with Crippen LogP contribution in [-0.2, 0) is 0 Å².